The second-order valence-electron chi connectivity index (χ2n) is 6.17. The fourth-order valence-corrected chi connectivity index (χ4v) is 2.71. The standard InChI is InChI=1S/C17H24N4O4/c1-20(10-7-14-6-2-3-8-18-14)15(22)11-19-17(25)21-9-4-5-13(12-21)16(23)24/h2-3,6,8,13H,4-5,7,9-12H2,1H3,(H,19,25)(H,23,24). The van der Waals surface area contributed by atoms with E-state index in [1.807, 2.05) is 18.2 Å². The third kappa shape index (κ3) is 5.74. The number of likely N-dealkylation sites (N-methyl/N-ethyl adjacent to an activating group) is 1. The molecule has 3 amide bonds. The van der Waals surface area contributed by atoms with Crippen LogP contribution in [0.15, 0.2) is 24.4 Å². The van der Waals surface area contributed by atoms with Crippen molar-refractivity contribution in [2.24, 2.45) is 5.92 Å². The highest BCUT2D eigenvalue weighted by atomic mass is 16.4. The molecule has 0 aromatic carbocycles. The second kappa shape index (κ2) is 9.00. The largest absolute Gasteiger partial charge is 0.481 e. The molecule has 1 aliphatic heterocycles. The fraction of sp³-hybridized carbons (Fsp3) is 0.529. The Balaban J connectivity index is 1.73. The Morgan fingerprint density at radius 2 is 2.20 bits per heavy atom. The Kier molecular flexibility index (Phi) is 6.73. The molecule has 1 saturated heterocycles. The van der Waals surface area contributed by atoms with Gasteiger partial charge in [0.15, 0.2) is 0 Å². The predicted molar refractivity (Wildman–Crippen MR) is 90.9 cm³/mol. The van der Waals surface area contributed by atoms with Gasteiger partial charge >= 0.3 is 12.0 Å². The van der Waals surface area contributed by atoms with Crippen LogP contribution >= 0.6 is 0 Å². The summed E-state index contributed by atoms with van der Waals surface area (Å²) >= 11 is 0. The molecule has 0 bridgehead atoms. The van der Waals surface area contributed by atoms with E-state index in [9.17, 15) is 14.4 Å². The van der Waals surface area contributed by atoms with E-state index in [1.54, 1.807) is 18.1 Å². The van der Waals surface area contributed by atoms with Crippen LogP contribution in [0.4, 0.5) is 4.79 Å². The maximum atomic E-state index is 12.1. The van der Waals surface area contributed by atoms with Gasteiger partial charge in [0.05, 0.1) is 12.5 Å². The lowest BCUT2D eigenvalue weighted by atomic mass is 9.99. The molecular weight excluding hydrogens is 324 g/mol. The summed E-state index contributed by atoms with van der Waals surface area (Å²) in [5.41, 5.74) is 0.902. The minimum atomic E-state index is -0.886. The van der Waals surface area contributed by atoms with Gasteiger partial charge in [-0.1, -0.05) is 6.07 Å². The maximum Gasteiger partial charge on any atom is 0.317 e. The lowest BCUT2D eigenvalue weighted by molar-refractivity contribution is -0.143. The molecule has 2 rings (SSSR count). The summed E-state index contributed by atoms with van der Waals surface area (Å²) in [4.78, 5) is 42.5. The van der Waals surface area contributed by atoms with Crippen molar-refractivity contribution in [1.29, 1.82) is 0 Å². The summed E-state index contributed by atoms with van der Waals surface area (Å²) in [7, 11) is 1.68. The van der Waals surface area contributed by atoms with Crippen molar-refractivity contribution in [3.63, 3.8) is 0 Å². The number of nitrogens with one attached hydrogen (secondary N) is 1. The first-order valence-corrected chi connectivity index (χ1v) is 8.37. The highest BCUT2D eigenvalue weighted by Crippen LogP contribution is 2.16. The van der Waals surface area contributed by atoms with Crippen molar-refractivity contribution < 1.29 is 19.5 Å². The van der Waals surface area contributed by atoms with Crippen LogP contribution in [0.1, 0.15) is 18.5 Å². The minimum absolute atomic E-state index is 0.105. The predicted octanol–water partition coefficient (Wildman–Crippen LogP) is 0.589. The summed E-state index contributed by atoms with van der Waals surface area (Å²) in [5, 5.41) is 11.6. The number of rotatable bonds is 6. The number of carboxylic acids is 1. The van der Waals surface area contributed by atoms with Crippen molar-refractivity contribution in [2.45, 2.75) is 19.3 Å². The number of carbonyl (C=O) groups is 3. The average molecular weight is 348 g/mol. The third-order valence-corrected chi connectivity index (χ3v) is 4.30. The molecule has 136 valence electrons. The van der Waals surface area contributed by atoms with Crippen LogP contribution in [0, 0.1) is 5.92 Å². The third-order valence-electron chi connectivity index (χ3n) is 4.30. The average Bonchev–Trinajstić information content (AvgIpc) is 2.64. The van der Waals surface area contributed by atoms with E-state index in [0.717, 1.165) is 5.69 Å². The first kappa shape index (κ1) is 18.7. The summed E-state index contributed by atoms with van der Waals surface area (Å²) in [6.45, 7) is 1.10. The summed E-state index contributed by atoms with van der Waals surface area (Å²) in [6, 6.07) is 5.24. The van der Waals surface area contributed by atoms with E-state index in [2.05, 4.69) is 10.3 Å². The molecular formula is C17H24N4O4. The number of carbonyl (C=O) groups excluding carboxylic acids is 2. The van der Waals surface area contributed by atoms with Gasteiger partial charge in [-0.2, -0.15) is 0 Å². The lowest BCUT2D eigenvalue weighted by Crippen LogP contribution is -2.49. The maximum absolute atomic E-state index is 12.1. The van der Waals surface area contributed by atoms with Crippen molar-refractivity contribution in [2.75, 3.05) is 33.2 Å². The number of aromatic nitrogens is 1. The number of likely N-dealkylation sites (tertiary alicyclic amines) is 1. The molecule has 25 heavy (non-hydrogen) atoms. The Morgan fingerprint density at radius 1 is 1.40 bits per heavy atom. The molecule has 8 heteroatoms. The van der Waals surface area contributed by atoms with E-state index in [0.29, 0.717) is 32.4 Å². The van der Waals surface area contributed by atoms with E-state index in [1.165, 1.54) is 4.90 Å². The van der Waals surface area contributed by atoms with Crippen LogP contribution in [-0.4, -0.2) is 71.0 Å². The molecule has 0 spiro atoms. The van der Waals surface area contributed by atoms with Gasteiger partial charge in [-0.15, -0.1) is 0 Å². The monoisotopic (exact) mass is 348 g/mol. The Labute approximate surface area is 146 Å². The molecule has 1 aromatic rings. The quantitative estimate of drug-likeness (QED) is 0.783. The highest BCUT2D eigenvalue weighted by molar-refractivity contribution is 5.84. The topological polar surface area (TPSA) is 103 Å². The van der Waals surface area contributed by atoms with Gasteiger partial charge in [-0.25, -0.2) is 4.79 Å². The van der Waals surface area contributed by atoms with Gasteiger partial charge in [0.25, 0.3) is 0 Å². The van der Waals surface area contributed by atoms with Crippen molar-refractivity contribution >= 4 is 17.9 Å². The van der Waals surface area contributed by atoms with Crippen molar-refractivity contribution in [1.82, 2.24) is 20.1 Å². The fourth-order valence-electron chi connectivity index (χ4n) is 2.71. The van der Waals surface area contributed by atoms with Gasteiger partial charge < -0.3 is 20.2 Å². The number of hydrogen-bond acceptors (Lipinski definition) is 4. The summed E-state index contributed by atoms with van der Waals surface area (Å²) < 4.78 is 0. The van der Waals surface area contributed by atoms with Gasteiger partial charge in [0.2, 0.25) is 5.91 Å². The zero-order chi connectivity index (χ0) is 18.2. The summed E-state index contributed by atoms with van der Waals surface area (Å²) in [5.74, 6) is -1.62. The number of hydrogen-bond donors (Lipinski definition) is 2. The molecule has 1 aliphatic rings. The summed E-state index contributed by atoms with van der Waals surface area (Å²) in [6.07, 6.45) is 3.58. The minimum Gasteiger partial charge on any atom is -0.481 e. The van der Waals surface area contributed by atoms with Crippen molar-refractivity contribution in [3.05, 3.63) is 30.1 Å². The number of amides is 3. The van der Waals surface area contributed by atoms with E-state index < -0.39 is 17.9 Å². The Morgan fingerprint density at radius 3 is 2.88 bits per heavy atom. The van der Waals surface area contributed by atoms with Gasteiger partial charge in [-0.05, 0) is 25.0 Å². The van der Waals surface area contributed by atoms with Crippen LogP contribution in [0.25, 0.3) is 0 Å². The zero-order valence-electron chi connectivity index (χ0n) is 14.4. The smallest absolute Gasteiger partial charge is 0.317 e. The van der Waals surface area contributed by atoms with Crippen LogP contribution in [0.3, 0.4) is 0 Å². The molecule has 8 nitrogen and oxygen atoms in total. The van der Waals surface area contributed by atoms with Crippen LogP contribution in [0.5, 0.6) is 0 Å². The number of piperidine rings is 1. The van der Waals surface area contributed by atoms with E-state index >= 15 is 0 Å². The lowest BCUT2D eigenvalue weighted by Gasteiger charge is -2.30. The number of carboxylic acid groups (broad SMARTS) is 1. The van der Waals surface area contributed by atoms with E-state index in [-0.39, 0.29) is 19.0 Å². The second-order valence-corrected chi connectivity index (χ2v) is 6.17. The van der Waals surface area contributed by atoms with Gasteiger partial charge in [0.1, 0.15) is 0 Å². The Bertz CT molecular complexity index is 608. The van der Waals surface area contributed by atoms with Crippen LogP contribution in [0.2, 0.25) is 0 Å². The molecule has 1 unspecified atom stereocenters. The normalized spacial score (nSPS) is 17.0. The first-order valence-electron chi connectivity index (χ1n) is 8.37. The van der Waals surface area contributed by atoms with E-state index in [4.69, 9.17) is 5.11 Å². The molecule has 0 saturated carbocycles. The zero-order valence-corrected chi connectivity index (χ0v) is 14.4. The number of urea groups is 1. The van der Waals surface area contributed by atoms with Crippen molar-refractivity contribution in [3.8, 4) is 0 Å². The molecule has 2 heterocycles. The van der Waals surface area contributed by atoms with Gasteiger partial charge in [-0.3, -0.25) is 14.6 Å². The molecule has 2 N–H and O–H groups in total. The van der Waals surface area contributed by atoms with Crippen LogP contribution < -0.4 is 5.32 Å². The molecule has 1 fully saturated rings. The highest BCUT2D eigenvalue weighted by Gasteiger charge is 2.28. The molecule has 1 atom stereocenters. The van der Waals surface area contributed by atoms with Gasteiger partial charge in [0, 0.05) is 45.0 Å². The molecule has 0 radical (unpaired) electrons. The Hall–Kier alpha value is -2.64. The number of pyridine rings is 1. The number of nitrogens with zero attached hydrogens (tertiary/aromatic N) is 3. The SMILES string of the molecule is CN(CCc1ccccn1)C(=O)CNC(=O)N1CCCC(C(=O)O)C1. The number of aliphatic carboxylic acids is 1. The molecule has 1 aromatic heterocycles. The first-order chi connectivity index (χ1) is 12.0. The van der Waals surface area contributed by atoms with Crippen LogP contribution in [-0.2, 0) is 16.0 Å². The molecule has 0 aliphatic carbocycles.